The van der Waals surface area contributed by atoms with Gasteiger partial charge in [0.15, 0.2) is 27.8 Å². The number of halogens is 1. The Bertz CT molecular complexity index is 2140. The molecule has 0 bridgehead atoms. The van der Waals surface area contributed by atoms with Gasteiger partial charge in [-0.25, -0.2) is 14.6 Å². The molecule has 1 aromatic heterocycles. The van der Waals surface area contributed by atoms with Crippen LogP contribution in [0.5, 0.6) is 23.0 Å². The molecular weight excluding hydrogens is 728 g/mol. The Labute approximate surface area is 301 Å². The van der Waals surface area contributed by atoms with E-state index in [9.17, 15) is 19.5 Å². The summed E-state index contributed by atoms with van der Waals surface area (Å²) in [7, 11) is 1.54. The van der Waals surface area contributed by atoms with Crippen LogP contribution in [0.3, 0.4) is 0 Å². The number of thiazole rings is 1. The zero-order chi connectivity index (χ0) is 36.1. The van der Waals surface area contributed by atoms with Crippen LogP contribution in [0.15, 0.2) is 80.1 Å². The Balaban J connectivity index is 1.57. The lowest BCUT2D eigenvalue weighted by molar-refractivity contribution is -0.139. The second kappa shape index (κ2) is 15.8. The number of esters is 1. The third kappa shape index (κ3) is 7.79. The summed E-state index contributed by atoms with van der Waals surface area (Å²) in [5.74, 6) is 0.352. The van der Waals surface area contributed by atoms with Gasteiger partial charge >= 0.3 is 11.9 Å². The van der Waals surface area contributed by atoms with E-state index < -0.39 is 18.0 Å². The minimum atomic E-state index is -1.00. The number of carbonyl (C=O) groups excluding carboxylic acids is 1. The molecule has 2 heterocycles. The first kappa shape index (κ1) is 36.4. The molecule has 0 fully saturated rings. The Morgan fingerprint density at radius 3 is 2.40 bits per heavy atom. The summed E-state index contributed by atoms with van der Waals surface area (Å²) in [4.78, 5) is 43.9. The van der Waals surface area contributed by atoms with Gasteiger partial charge in [0.1, 0.15) is 6.61 Å². The van der Waals surface area contributed by atoms with E-state index in [1.165, 1.54) is 35.1 Å². The quantitative estimate of drug-likeness (QED) is 0.162. The van der Waals surface area contributed by atoms with Gasteiger partial charge in [0.25, 0.3) is 5.56 Å². The largest absolute Gasteiger partial charge is 0.493 e. The topological polar surface area (TPSA) is 135 Å². The number of allylic oxidation sites excluding steroid dienone is 1. The van der Waals surface area contributed by atoms with Crippen LogP contribution in [0.4, 0.5) is 0 Å². The monoisotopic (exact) mass is 764 g/mol. The number of aromatic nitrogens is 1. The number of aromatic carboxylic acids is 1. The molecule has 4 aromatic rings. The molecule has 3 aromatic carbocycles. The van der Waals surface area contributed by atoms with Crippen LogP contribution < -0.4 is 33.8 Å². The molecule has 1 atom stereocenters. The lowest BCUT2D eigenvalue weighted by Gasteiger charge is -2.25. The van der Waals surface area contributed by atoms with Crippen LogP contribution in [0.2, 0.25) is 0 Å². The van der Waals surface area contributed by atoms with E-state index >= 15 is 0 Å². The molecule has 0 saturated heterocycles. The highest BCUT2D eigenvalue weighted by molar-refractivity contribution is 9.10. The van der Waals surface area contributed by atoms with E-state index in [-0.39, 0.29) is 36.0 Å². The van der Waals surface area contributed by atoms with E-state index in [0.29, 0.717) is 60.2 Å². The average molecular weight is 766 g/mol. The molecule has 0 unspecified atom stereocenters. The number of carbonyl (C=O) groups is 2. The SMILES string of the molecule is CCOC(=O)C1=C(C)N=c2s/c(=C\c3cc(Br)c(OCc4ccc(C(=O)O)cc4)c(OCC)c3)c(=O)n2[C@@H]1c1ccc(OC(C)C)c(OC)c1. The summed E-state index contributed by atoms with van der Waals surface area (Å²) in [5.41, 5.74) is 2.62. The lowest BCUT2D eigenvalue weighted by Crippen LogP contribution is -2.40. The van der Waals surface area contributed by atoms with Gasteiger partial charge in [0, 0.05) is 0 Å². The van der Waals surface area contributed by atoms with Crippen molar-refractivity contribution < 1.29 is 38.4 Å². The Morgan fingerprint density at radius 1 is 1.02 bits per heavy atom. The molecule has 0 amide bonds. The molecule has 1 aliphatic heterocycles. The highest BCUT2D eigenvalue weighted by atomic mass is 79.9. The number of fused-ring (bicyclic) bond motifs is 1. The fourth-order valence-electron chi connectivity index (χ4n) is 5.44. The predicted octanol–water partition coefficient (Wildman–Crippen LogP) is 6.03. The van der Waals surface area contributed by atoms with Gasteiger partial charge in [-0.2, -0.15) is 0 Å². The molecular formula is C37H37BrN2O9S. The van der Waals surface area contributed by atoms with Crippen LogP contribution in [-0.2, 0) is 16.1 Å². The zero-order valence-corrected chi connectivity index (χ0v) is 30.8. The maximum Gasteiger partial charge on any atom is 0.338 e. The number of hydrogen-bond donors (Lipinski definition) is 1. The van der Waals surface area contributed by atoms with Crippen molar-refractivity contribution in [2.24, 2.45) is 4.99 Å². The molecule has 50 heavy (non-hydrogen) atoms. The highest BCUT2D eigenvalue weighted by Gasteiger charge is 2.34. The number of rotatable bonds is 13. The van der Waals surface area contributed by atoms with Gasteiger partial charge in [0.2, 0.25) is 0 Å². The van der Waals surface area contributed by atoms with Crippen molar-refractivity contribution in [1.82, 2.24) is 4.57 Å². The summed E-state index contributed by atoms with van der Waals surface area (Å²) in [6.45, 7) is 9.83. The summed E-state index contributed by atoms with van der Waals surface area (Å²) >= 11 is 4.80. The van der Waals surface area contributed by atoms with Gasteiger partial charge in [-0.05, 0) is 110 Å². The van der Waals surface area contributed by atoms with E-state index in [2.05, 4.69) is 20.9 Å². The van der Waals surface area contributed by atoms with E-state index in [0.717, 1.165) is 5.56 Å². The van der Waals surface area contributed by atoms with Crippen molar-refractivity contribution in [3.63, 3.8) is 0 Å². The highest BCUT2D eigenvalue weighted by Crippen LogP contribution is 2.39. The van der Waals surface area contributed by atoms with Crippen molar-refractivity contribution in [3.8, 4) is 23.0 Å². The van der Waals surface area contributed by atoms with Crippen molar-refractivity contribution in [3.05, 3.63) is 112 Å². The van der Waals surface area contributed by atoms with Crippen LogP contribution >= 0.6 is 27.3 Å². The maximum absolute atomic E-state index is 14.2. The molecule has 1 N–H and O–H groups in total. The van der Waals surface area contributed by atoms with Gasteiger partial charge in [-0.1, -0.05) is 29.5 Å². The first-order valence-corrected chi connectivity index (χ1v) is 17.5. The molecule has 13 heteroatoms. The first-order chi connectivity index (χ1) is 23.9. The Hall–Kier alpha value is -4.88. The minimum absolute atomic E-state index is 0.0913. The molecule has 262 valence electrons. The van der Waals surface area contributed by atoms with Crippen LogP contribution in [0, 0.1) is 0 Å². The summed E-state index contributed by atoms with van der Waals surface area (Å²) < 4.78 is 31.5. The number of carboxylic acid groups (broad SMARTS) is 1. The third-order valence-electron chi connectivity index (χ3n) is 7.60. The zero-order valence-electron chi connectivity index (χ0n) is 28.4. The lowest BCUT2D eigenvalue weighted by atomic mass is 9.95. The number of nitrogens with zero attached hydrogens (tertiary/aromatic N) is 2. The molecule has 0 spiro atoms. The summed E-state index contributed by atoms with van der Waals surface area (Å²) in [6, 6.07) is 14.5. The standard InChI is InChI=1S/C37H37BrN2O9S/c1-7-46-29-16-23(15-26(38)33(29)48-19-22-9-11-24(12-10-22)35(42)43)17-30-34(41)40-32(25-13-14-27(49-20(3)4)28(18-25)45-6)31(36(44)47-8-2)21(5)39-37(40)50-30/h9-18,20,32H,7-8,19H2,1-6H3,(H,42,43)/b30-17-/t32-/m1/s1. The summed E-state index contributed by atoms with van der Waals surface area (Å²) in [6.07, 6.45) is 1.65. The van der Waals surface area contributed by atoms with Gasteiger partial charge < -0.3 is 28.8 Å². The van der Waals surface area contributed by atoms with Crippen molar-refractivity contribution >= 4 is 45.3 Å². The second-order valence-electron chi connectivity index (χ2n) is 11.4. The average Bonchev–Trinajstić information content (AvgIpc) is 3.37. The molecule has 1 aliphatic rings. The van der Waals surface area contributed by atoms with E-state index in [4.69, 9.17) is 23.7 Å². The number of methoxy groups -OCH3 is 1. The Kier molecular flexibility index (Phi) is 11.5. The molecule has 11 nitrogen and oxygen atoms in total. The van der Waals surface area contributed by atoms with Crippen LogP contribution in [-0.4, -0.2) is 48.0 Å². The third-order valence-corrected chi connectivity index (χ3v) is 9.17. The normalized spacial score (nSPS) is 14.2. The fourth-order valence-corrected chi connectivity index (χ4v) is 7.06. The summed E-state index contributed by atoms with van der Waals surface area (Å²) in [5, 5.41) is 9.18. The van der Waals surface area contributed by atoms with Crippen LogP contribution in [0.25, 0.3) is 6.08 Å². The number of hydrogen-bond acceptors (Lipinski definition) is 10. The molecule has 0 radical (unpaired) electrons. The number of benzene rings is 3. The maximum atomic E-state index is 14.2. The van der Waals surface area contributed by atoms with Crippen molar-refractivity contribution in [2.45, 2.75) is 53.4 Å². The molecule has 0 aliphatic carbocycles. The molecule has 5 rings (SSSR count). The first-order valence-electron chi connectivity index (χ1n) is 15.9. The van der Waals surface area contributed by atoms with Crippen LogP contribution in [0.1, 0.15) is 67.7 Å². The second-order valence-corrected chi connectivity index (χ2v) is 13.3. The van der Waals surface area contributed by atoms with E-state index in [1.54, 1.807) is 50.3 Å². The van der Waals surface area contributed by atoms with Crippen molar-refractivity contribution in [1.29, 1.82) is 0 Å². The number of ether oxygens (including phenoxy) is 5. The number of carboxylic acids is 1. The fraction of sp³-hybridized carbons (Fsp3) is 0.297. The smallest absolute Gasteiger partial charge is 0.338 e. The predicted molar refractivity (Wildman–Crippen MR) is 192 cm³/mol. The van der Waals surface area contributed by atoms with Crippen molar-refractivity contribution in [2.75, 3.05) is 20.3 Å². The Morgan fingerprint density at radius 2 is 1.76 bits per heavy atom. The minimum Gasteiger partial charge on any atom is -0.493 e. The van der Waals surface area contributed by atoms with Gasteiger partial charge in [-0.3, -0.25) is 9.36 Å². The van der Waals surface area contributed by atoms with E-state index in [1.807, 2.05) is 32.9 Å². The molecule has 0 saturated carbocycles. The van der Waals surface area contributed by atoms with Gasteiger partial charge in [-0.15, -0.1) is 0 Å². The van der Waals surface area contributed by atoms with Gasteiger partial charge in [0.05, 0.1) is 58.3 Å².